The number of ether oxygens (including phenoxy) is 1. The lowest BCUT2D eigenvalue weighted by Crippen LogP contribution is -2.60. The fraction of sp³-hybridized carbons (Fsp3) is 0.615. The van der Waals surface area contributed by atoms with Gasteiger partial charge in [0.25, 0.3) is 0 Å². The number of carbonyl (C=O) groups excluding carboxylic acids is 1. The van der Waals surface area contributed by atoms with Crippen LogP contribution in [0.2, 0.25) is 0 Å². The molecular weight excluding hydrogens is 328 g/mol. The second-order valence-corrected chi connectivity index (χ2v) is 7.61. The summed E-state index contributed by atoms with van der Waals surface area (Å²) in [6.07, 6.45) is -0.218. The van der Waals surface area contributed by atoms with Crippen LogP contribution in [0.1, 0.15) is 25.6 Å². The Bertz CT molecular complexity index is 450. The number of likely N-dealkylation sites (tertiary alicyclic amines) is 1. The van der Waals surface area contributed by atoms with E-state index in [0.717, 1.165) is 24.1 Å². The molecule has 0 aliphatic carbocycles. The van der Waals surface area contributed by atoms with Gasteiger partial charge in [0.1, 0.15) is 5.60 Å². The molecule has 2 heterocycles. The van der Waals surface area contributed by atoms with Gasteiger partial charge in [-0.05, 0) is 42.8 Å². The molecule has 4 nitrogen and oxygen atoms in total. The first-order chi connectivity index (χ1) is 8.83. The maximum Gasteiger partial charge on any atom is 0.410 e. The van der Waals surface area contributed by atoms with Gasteiger partial charge in [0.05, 0.1) is 0 Å². The largest absolute Gasteiger partial charge is 0.444 e. The molecule has 1 fully saturated rings. The van der Waals surface area contributed by atoms with Gasteiger partial charge in [-0.3, -0.25) is 0 Å². The second kappa shape index (κ2) is 5.81. The van der Waals surface area contributed by atoms with Crippen LogP contribution in [-0.2, 0) is 11.3 Å². The summed E-state index contributed by atoms with van der Waals surface area (Å²) in [5.41, 5.74) is -0.418. The van der Waals surface area contributed by atoms with Crippen molar-refractivity contribution in [3.05, 3.63) is 20.8 Å². The molecule has 1 aliphatic heterocycles. The van der Waals surface area contributed by atoms with Crippen molar-refractivity contribution >= 4 is 33.4 Å². The van der Waals surface area contributed by atoms with Gasteiger partial charge < -0.3 is 15.0 Å². The van der Waals surface area contributed by atoms with Gasteiger partial charge in [-0.2, -0.15) is 0 Å². The van der Waals surface area contributed by atoms with Crippen molar-refractivity contribution in [1.82, 2.24) is 10.2 Å². The standard InChI is InChI=1S/C13H19BrN2O2S/c1-13(2,3)18-12(17)16-6-10(7-16)15-5-11-4-9(14)8-19-11/h4,8,10,15H,5-7H2,1-3H3. The number of thiophene rings is 1. The quantitative estimate of drug-likeness (QED) is 0.913. The van der Waals surface area contributed by atoms with E-state index in [4.69, 9.17) is 4.74 Å². The van der Waals surface area contributed by atoms with Gasteiger partial charge in [-0.1, -0.05) is 0 Å². The Morgan fingerprint density at radius 3 is 2.79 bits per heavy atom. The second-order valence-electron chi connectivity index (χ2n) is 5.69. The van der Waals surface area contributed by atoms with E-state index < -0.39 is 5.60 Å². The summed E-state index contributed by atoms with van der Waals surface area (Å²) in [6.45, 7) is 7.95. The highest BCUT2D eigenvalue weighted by atomic mass is 79.9. The highest BCUT2D eigenvalue weighted by Crippen LogP contribution is 2.20. The minimum atomic E-state index is -0.418. The Kier molecular flexibility index (Phi) is 4.53. The van der Waals surface area contributed by atoms with Crippen molar-refractivity contribution in [1.29, 1.82) is 0 Å². The van der Waals surface area contributed by atoms with E-state index in [0.29, 0.717) is 6.04 Å². The van der Waals surface area contributed by atoms with Crippen molar-refractivity contribution < 1.29 is 9.53 Å². The Morgan fingerprint density at radius 1 is 1.58 bits per heavy atom. The predicted octanol–water partition coefficient (Wildman–Crippen LogP) is 3.22. The molecule has 0 radical (unpaired) electrons. The third-order valence-electron chi connectivity index (χ3n) is 2.72. The first-order valence-corrected chi connectivity index (χ1v) is 7.95. The number of halogens is 1. The summed E-state index contributed by atoms with van der Waals surface area (Å²) in [7, 11) is 0. The average Bonchev–Trinajstić information content (AvgIpc) is 2.59. The average molecular weight is 347 g/mol. The van der Waals surface area contributed by atoms with Crippen molar-refractivity contribution in [2.24, 2.45) is 0 Å². The Hall–Kier alpha value is -0.590. The van der Waals surface area contributed by atoms with Crippen LogP contribution in [0.4, 0.5) is 4.79 Å². The summed E-state index contributed by atoms with van der Waals surface area (Å²) in [6, 6.07) is 2.48. The Labute approximate surface area is 126 Å². The Morgan fingerprint density at radius 2 is 2.26 bits per heavy atom. The molecule has 0 spiro atoms. The fourth-order valence-corrected chi connectivity index (χ4v) is 3.18. The van der Waals surface area contributed by atoms with Gasteiger partial charge in [-0.15, -0.1) is 11.3 Å². The number of carbonyl (C=O) groups is 1. The summed E-state index contributed by atoms with van der Waals surface area (Å²) >= 11 is 5.17. The molecule has 106 valence electrons. The zero-order valence-electron chi connectivity index (χ0n) is 11.4. The fourth-order valence-electron chi connectivity index (χ4n) is 1.77. The molecular formula is C13H19BrN2O2S. The zero-order valence-corrected chi connectivity index (χ0v) is 13.8. The molecule has 1 aromatic heterocycles. The van der Waals surface area contributed by atoms with E-state index in [-0.39, 0.29) is 6.09 Å². The highest BCUT2D eigenvalue weighted by molar-refractivity contribution is 9.10. The predicted molar refractivity (Wildman–Crippen MR) is 80.5 cm³/mol. The molecule has 1 amide bonds. The van der Waals surface area contributed by atoms with Crippen LogP contribution in [-0.4, -0.2) is 35.7 Å². The van der Waals surface area contributed by atoms with Crippen LogP contribution in [0.5, 0.6) is 0 Å². The summed E-state index contributed by atoms with van der Waals surface area (Å²) < 4.78 is 6.43. The van der Waals surface area contributed by atoms with E-state index in [9.17, 15) is 4.79 Å². The monoisotopic (exact) mass is 346 g/mol. The first-order valence-electron chi connectivity index (χ1n) is 6.28. The van der Waals surface area contributed by atoms with Crippen LogP contribution >= 0.6 is 27.3 Å². The normalized spacial score (nSPS) is 16.3. The number of rotatable bonds is 3. The number of nitrogens with zero attached hydrogens (tertiary/aromatic N) is 1. The lowest BCUT2D eigenvalue weighted by atomic mass is 10.1. The molecule has 1 N–H and O–H groups in total. The summed E-state index contributed by atoms with van der Waals surface area (Å²) in [4.78, 5) is 14.8. The van der Waals surface area contributed by atoms with E-state index >= 15 is 0 Å². The topological polar surface area (TPSA) is 41.6 Å². The molecule has 0 atom stereocenters. The number of nitrogens with one attached hydrogen (secondary N) is 1. The molecule has 1 saturated heterocycles. The third-order valence-corrected chi connectivity index (χ3v) is 4.42. The number of hydrogen-bond donors (Lipinski definition) is 1. The summed E-state index contributed by atoms with van der Waals surface area (Å²) in [5, 5.41) is 5.51. The molecule has 1 aromatic rings. The van der Waals surface area contributed by atoms with Crippen LogP contribution in [0.3, 0.4) is 0 Å². The molecule has 0 saturated carbocycles. The van der Waals surface area contributed by atoms with E-state index in [2.05, 4.69) is 32.7 Å². The summed E-state index contributed by atoms with van der Waals surface area (Å²) in [5.74, 6) is 0. The molecule has 0 bridgehead atoms. The highest BCUT2D eigenvalue weighted by Gasteiger charge is 2.33. The van der Waals surface area contributed by atoms with E-state index in [1.54, 1.807) is 16.2 Å². The molecule has 1 aliphatic rings. The molecule has 0 unspecified atom stereocenters. The minimum absolute atomic E-state index is 0.218. The minimum Gasteiger partial charge on any atom is -0.444 e. The van der Waals surface area contributed by atoms with E-state index in [1.807, 2.05) is 20.8 Å². The van der Waals surface area contributed by atoms with E-state index in [1.165, 1.54) is 4.88 Å². The maximum absolute atomic E-state index is 11.7. The SMILES string of the molecule is CC(C)(C)OC(=O)N1CC(NCc2cc(Br)cs2)C1. The van der Waals surface area contributed by atoms with Crippen LogP contribution in [0.25, 0.3) is 0 Å². The molecule has 6 heteroatoms. The Balaban J connectivity index is 1.67. The van der Waals surface area contributed by atoms with Gasteiger partial charge in [0, 0.05) is 40.4 Å². The molecule has 19 heavy (non-hydrogen) atoms. The van der Waals surface area contributed by atoms with Crippen molar-refractivity contribution in [2.45, 2.75) is 39.0 Å². The molecule has 0 aromatic carbocycles. The first kappa shape index (κ1) is 14.8. The lowest BCUT2D eigenvalue weighted by Gasteiger charge is -2.40. The zero-order chi connectivity index (χ0) is 14.0. The lowest BCUT2D eigenvalue weighted by molar-refractivity contribution is 0.00521. The van der Waals surface area contributed by atoms with Crippen molar-refractivity contribution in [3.8, 4) is 0 Å². The van der Waals surface area contributed by atoms with Gasteiger partial charge in [0.2, 0.25) is 0 Å². The smallest absolute Gasteiger partial charge is 0.410 e. The van der Waals surface area contributed by atoms with Crippen LogP contribution < -0.4 is 5.32 Å². The number of hydrogen-bond acceptors (Lipinski definition) is 4. The van der Waals surface area contributed by atoms with Crippen LogP contribution in [0, 0.1) is 0 Å². The maximum atomic E-state index is 11.7. The van der Waals surface area contributed by atoms with Crippen molar-refractivity contribution in [2.75, 3.05) is 13.1 Å². The van der Waals surface area contributed by atoms with Gasteiger partial charge in [0.15, 0.2) is 0 Å². The van der Waals surface area contributed by atoms with Gasteiger partial charge in [-0.25, -0.2) is 4.79 Å². The van der Waals surface area contributed by atoms with Crippen LogP contribution in [0.15, 0.2) is 15.9 Å². The number of amides is 1. The van der Waals surface area contributed by atoms with Crippen molar-refractivity contribution in [3.63, 3.8) is 0 Å². The molecule has 2 rings (SSSR count). The van der Waals surface area contributed by atoms with Gasteiger partial charge >= 0.3 is 6.09 Å². The third kappa shape index (κ3) is 4.47.